The summed E-state index contributed by atoms with van der Waals surface area (Å²) in [6.45, 7) is 7.98. The Kier molecular flexibility index (Phi) is 2.89. The van der Waals surface area contributed by atoms with Gasteiger partial charge >= 0.3 is 0 Å². The van der Waals surface area contributed by atoms with Crippen molar-refractivity contribution in [2.24, 2.45) is 0 Å². The molecule has 0 bridgehead atoms. The number of piperazine rings is 1. The number of nitrogens with zero attached hydrogens (tertiary/aromatic N) is 1. The van der Waals surface area contributed by atoms with E-state index < -0.39 is 0 Å². The van der Waals surface area contributed by atoms with Crippen LogP contribution in [-0.4, -0.2) is 26.2 Å². The minimum atomic E-state index is 0.885. The lowest BCUT2D eigenvalue weighted by atomic mass is 10.2. The summed E-state index contributed by atoms with van der Waals surface area (Å²) in [6, 6.07) is 0. The zero-order chi connectivity index (χ0) is 9.80. The number of nitrogens with one attached hydrogen (secondary N) is 1. The van der Waals surface area contributed by atoms with Crippen molar-refractivity contribution in [3.63, 3.8) is 0 Å². The lowest BCUT2D eigenvalue weighted by Gasteiger charge is -2.28. The summed E-state index contributed by atoms with van der Waals surface area (Å²) in [5.41, 5.74) is 2.47. The normalized spacial score (nSPS) is 17.0. The van der Waals surface area contributed by atoms with Crippen molar-refractivity contribution in [2.75, 3.05) is 31.1 Å². The predicted octanol–water partition coefficient (Wildman–Crippen LogP) is 1.42. The van der Waals surface area contributed by atoms with Gasteiger partial charge in [0.05, 0.1) is 12.0 Å². The van der Waals surface area contributed by atoms with Crippen LogP contribution in [0.2, 0.25) is 0 Å². The Morgan fingerprint density at radius 3 is 2.93 bits per heavy atom. The largest absolute Gasteiger partial charge is 0.470 e. The van der Waals surface area contributed by atoms with Crippen LogP contribution in [0.5, 0.6) is 0 Å². The van der Waals surface area contributed by atoms with Crippen LogP contribution >= 0.6 is 0 Å². The van der Waals surface area contributed by atoms with Crippen LogP contribution in [-0.2, 0) is 6.42 Å². The molecule has 3 heteroatoms. The second kappa shape index (κ2) is 4.33. The number of hydrogen-bond donors (Lipinski definition) is 1. The summed E-state index contributed by atoms with van der Waals surface area (Å²) in [5, 5.41) is 3.34. The van der Waals surface area contributed by atoms with Gasteiger partial charge < -0.3 is 14.6 Å². The summed E-state index contributed by atoms with van der Waals surface area (Å²) in [6.07, 6.45) is 6.45. The van der Waals surface area contributed by atoms with E-state index in [1.54, 1.807) is 0 Å². The third-order valence-electron chi connectivity index (χ3n) is 2.54. The highest BCUT2D eigenvalue weighted by molar-refractivity contribution is 5.52. The standard InChI is InChI=1S/C11H16N2O/c1-2-3-10-8-14-9-11(10)13-6-4-12-5-7-13/h2,8-9,12H,1,3-7H2. The maximum absolute atomic E-state index is 5.24. The van der Waals surface area contributed by atoms with Gasteiger partial charge in [-0.05, 0) is 6.42 Å². The zero-order valence-electron chi connectivity index (χ0n) is 8.33. The van der Waals surface area contributed by atoms with Crippen LogP contribution < -0.4 is 10.2 Å². The van der Waals surface area contributed by atoms with Crippen LogP contribution in [0.3, 0.4) is 0 Å². The van der Waals surface area contributed by atoms with Crippen LogP contribution in [0, 0.1) is 0 Å². The van der Waals surface area contributed by atoms with Crippen LogP contribution in [0.25, 0.3) is 0 Å². The Hall–Kier alpha value is -1.22. The molecule has 1 aromatic heterocycles. The van der Waals surface area contributed by atoms with E-state index in [1.807, 2.05) is 18.6 Å². The van der Waals surface area contributed by atoms with Crippen LogP contribution in [0.15, 0.2) is 29.6 Å². The highest BCUT2D eigenvalue weighted by atomic mass is 16.3. The van der Waals surface area contributed by atoms with Crippen molar-refractivity contribution in [1.82, 2.24) is 5.32 Å². The molecule has 0 aromatic carbocycles. The summed E-state index contributed by atoms with van der Waals surface area (Å²) in [4.78, 5) is 2.36. The molecule has 0 atom stereocenters. The van der Waals surface area contributed by atoms with Crippen molar-refractivity contribution in [3.8, 4) is 0 Å². The van der Waals surface area contributed by atoms with Crippen LogP contribution in [0.4, 0.5) is 5.69 Å². The SMILES string of the molecule is C=CCc1cocc1N1CCNCC1. The number of hydrogen-bond acceptors (Lipinski definition) is 3. The summed E-state index contributed by atoms with van der Waals surface area (Å²) in [7, 11) is 0. The molecule has 76 valence electrons. The quantitative estimate of drug-likeness (QED) is 0.734. The first-order valence-electron chi connectivity index (χ1n) is 5.03. The molecule has 0 saturated carbocycles. The molecule has 2 rings (SSSR count). The molecule has 1 saturated heterocycles. The van der Waals surface area contributed by atoms with Crippen molar-refractivity contribution in [2.45, 2.75) is 6.42 Å². The third-order valence-corrected chi connectivity index (χ3v) is 2.54. The lowest BCUT2D eigenvalue weighted by molar-refractivity contribution is 0.556. The Morgan fingerprint density at radius 2 is 2.21 bits per heavy atom. The molecular weight excluding hydrogens is 176 g/mol. The smallest absolute Gasteiger partial charge is 0.114 e. The highest BCUT2D eigenvalue weighted by Gasteiger charge is 2.14. The van der Waals surface area contributed by atoms with Crippen molar-refractivity contribution in [3.05, 3.63) is 30.7 Å². The minimum absolute atomic E-state index is 0.885. The van der Waals surface area contributed by atoms with Gasteiger partial charge in [-0.1, -0.05) is 6.08 Å². The molecule has 1 aliphatic rings. The fourth-order valence-electron chi connectivity index (χ4n) is 1.81. The molecule has 2 heterocycles. The molecule has 1 aromatic rings. The predicted molar refractivity (Wildman–Crippen MR) is 57.7 cm³/mol. The van der Waals surface area contributed by atoms with Crippen molar-refractivity contribution < 1.29 is 4.42 Å². The first-order chi connectivity index (χ1) is 6.92. The van der Waals surface area contributed by atoms with E-state index in [9.17, 15) is 0 Å². The van der Waals surface area contributed by atoms with Crippen LogP contribution in [0.1, 0.15) is 5.56 Å². The van der Waals surface area contributed by atoms with Crippen molar-refractivity contribution >= 4 is 5.69 Å². The van der Waals surface area contributed by atoms with E-state index in [0.29, 0.717) is 0 Å². The fourth-order valence-corrected chi connectivity index (χ4v) is 1.81. The molecule has 0 aliphatic carbocycles. The number of rotatable bonds is 3. The first kappa shape index (κ1) is 9.34. The Morgan fingerprint density at radius 1 is 1.43 bits per heavy atom. The Balaban J connectivity index is 2.12. The molecule has 0 radical (unpaired) electrons. The summed E-state index contributed by atoms with van der Waals surface area (Å²) in [5.74, 6) is 0. The molecular formula is C11H16N2O. The van der Waals surface area contributed by atoms with E-state index in [-0.39, 0.29) is 0 Å². The van der Waals surface area contributed by atoms with Gasteiger partial charge in [0.25, 0.3) is 0 Å². The average Bonchev–Trinajstić information content (AvgIpc) is 2.68. The van der Waals surface area contributed by atoms with Gasteiger partial charge in [-0.15, -0.1) is 6.58 Å². The summed E-state index contributed by atoms with van der Waals surface area (Å²) < 4.78 is 5.24. The fraction of sp³-hybridized carbons (Fsp3) is 0.455. The van der Waals surface area contributed by atoms with Crippen molar-refractivity contribution in [1.29, 1.82) is 0 Å². The summed E-state index contributed by atoms with van der Waals surface area (Å²) >= 11 is 0. The molecule has 1 fully saturated rings. The van der Waals surface area contributed by atoms with Gasteiger partial charge in [-0.2, -0.15) is 0 Å². The number of allylic oxidation sites excluding steroid dienone is 1. The molecule has 1 N–H and O–H groups in total. The lowest BCUT2D eigenvalue weighted by Crippen LogP contribution is -2.43. The third kappa shape index (κ3) is 1.82. The monoisotopic (exact) mass is 192 g/mol. The molecule has 0 unspecified atom stereocenters. The van der Waals surface area contributed by atoms with E-state index in [4.69, 9.17) is 4.42 Å². The average molecular weight is 192 g/mol. The number of furan rings is 1. The Bertz CT molecular complexity index is 300. The van der Waals surface area contributed by atoms with E-state index in [0.717, 1.165) is 32.6 Å². The van der Waals surface area contributed by atoms with Gasteiger partial charge in [-0.25, -0.2) is 0 Å². The topological polar surface area (TPSA) is 28.4 Å². The van der Waals surface area contributed by atoms with Gasteiger partial charge in [-0.3, -0.25) is 0 Å². The second-order valence-electron chi connectivity index (χ2n) is 3.51. The first-order valence-corrected chi connectivity index (χ1v) is 5.03. The molecule has 0 spiro atoms. The van der Waals surface area contributed by atoms with Gasteiger partial charge in [0.2, 0.25) is 0 Å². The molecule has 14 heavy (non-hydrogen) atoms. The zero-order valence-corrected chi connectivity index (χ0v) is 8.33. The van der Waals surface area contributed by atoms with Gasteiger partial charge in [0.1, 0.15) is 6.26 Å². The Labute approximate surface area is 84.4 Å². The maximum Gasteiger partial charge on any atom is 0.114 e. The van der Waals surface area contributed by atoms with E-state index in [1.165, 1.54) is 11.3 Å². The molecule has 0 amide bonds. The van der Waals surface area contributed by atoms with E-state index >= 15 is 0 Å². The second-order valence-corrected chi connectivity index (χ2v) is 3.51. The molecule has 1 aliphatic heterocycles. The highest BCUT2D eigenvalue weighted by Crippen LogP contribution is 2.22. The maximum atomic E-state index is 5.24. The van der Waals surface area contributed by atoms with Gasteiger partial charge in [0.15, 0.2) is 0 Å². The minimum Gasteiger partial charge on any atom is -0.470 e. The van der Waals surface area contributed by atoms with E-state index in [2.05, 4.69) is 16.8 Å². The van der Waals surface area contributed by atoms with Gasteiger partial charge in [0, 0.05) is 31.7 Å². The molecule has 3 nitrogen and oxygen atoms in total. The number of anilines is 1.